The van der Waals surface area contributed by atoms with E-state index in [9.17, 15) is 14.4 Å². The van der Waals surface area contributed by atoms with E-state index in [1.165, 1.54) is 38.5 Å². The highest BCUT2D eigenvalue weighted by atomic mass is 16.6. The molecule has 0 saturated carbocycles. The van der Waals surface area contributed by atoms with Crippen LogP contribution in [-0.2, 0) is 28.6 Å². The van der Waals surface area contributed by atoms with Crippen molar-refractivity contribution in [2.75, 3.05) is 13.2 Å². The lowest BCUT2D eigenvalue weighted by Gasteiger charge is -2.18. The van der Waals surface area contributed by atoms with Gasteiger partial charge in [-0.2, -0.15) is 0 Å². The summed E-state index contributed by atoms with van der Waals surface area (Å²) < 4.78 is 16.7. The maximum absolute atomic E-state index is 12.7. The number of rotatable bonds is 43. The molecule has 0 aliphatic carbocycles. The molecular formula is C54H90O6. The number of esters is 3. The van der Waals surface area contributed by atoms with Crippen LogP contribution in [-0.4, -0.2) is 37.2 Å². The Morgan fingerprint density at radius 2 is 0.683 bits per heavy atom. The molecule has 0 rings (SSSR count). The van der Waals surface area contributed by atoms with Crippen LogP contribution < -0.4 is 0 Å². The molecule has 0 aromatic rings. The van der Waals surface area contributed by atoms with Gasteiger partial charge in [0.05, 0.1) is 0 Å². The third kappa shape index (κ3) is 45.7. The van der Waals surface area contributed by atoms with Crippen LogP contribution >= 0.6 is 0 Å². The first-order valence-corrected chi connectivity index (χ1v) is 24.6. The van der Waals surface area contributed by atoms with E-state index >= 15 is 0 Å². The molecule has 0 amide bonds. The summed E-state index contributed by atoms with van der Waals surface area (Å²) in [6.45, 7) is 6.38. The molecule has 0 heterocycles. The van der Waals surface area contributed by atoms with Gasteiger partial charge in [0.15, 0.2) is 6.10 Å². The van der Waals surface area contributed by atoms with Crippen molar-refractivity contribution in [3.8, 4) is 0 Å². The van der Waals surface area contributed by atoms with Gasteiger partial charge in [0, 0.05) is 19.3 Å². The van der Waals surface area contributed by atoms with Crippen molar-refractivity contribution in [3.05, 3.63) is 85.1 Å². The van der Waals surface area contributed by atoms with Crippen LogP contribution in [0, 0.1) is 0 Å². The summed E-state index contributed by atoms with van der Waals surface area (Å²) in [5.41, 5.74) is 0. The second kappa shape index (κ2) is 48.3. The Kier molecular flexibility index (Phi) is 45.5. The van der Waals surface area contributed by atoms with E-state index in [1.807, 2.05) is 0 Å². The van der Waals surface area contributed by atoms with Gasteiger partial charge in [0.2, 0.25) is 0 Å². The molecule has 0 spiro atoms. The number of hydrogen-bond acceptors (Lipinski definition) is 6. The number of carbonyl (C=O) groups is 3. The second-order valence-corrected chi connectivity index (χ2v) is 16.0. The van der Waals surface area contributed by atoms with Crippen LogP contribution in [0.4, 0.5) is 0 Å². The van der Waals surface area contributed by atoms with Crippen molar-refractivity contribution < 1.29 is 28.6 Å². The van der Waals surface area contributed by atoms with Gasteiger partial charge in [-0.3, -0.25) is 14.4 Å². The van der Waals surface area contributed by atoms with Crippen molar-refractivity contribution in [3.63, 3.8) is 0 Å². The predicted molar refractivity (Wildman–Crippen MR) is 256 cm³/mol. The fourth-order valence-corrected chi connectivity index (χ4v) is 6.40. The van der Waals surface area contributed by atoms with E-state index in [0.29, 0.717) is 12.8 Å². The Hall–Kier alpha value is -3.41. The highest BCUT2D eigenvalue weighted by Crippen LogP contribution is 2.12. The first-order valence-electron chi connectivity index (χ1n) is 24.6. The van der Waals surface area contributed by atoms with Crippen molar-refractivity contribution in [1.29, 1.82) is 0 Å². The molecule has 342 valence electrons. The Balaban J connectivity index is 4.47. The van der Waals surface area contributed by atoms with E-state index in [4.69, 9.17) is 14.2 Å². The maximum atomic E-state index is 12.7. The first-order chi connectivity index (χ1) is 29.5. The molecule has 6 nitrogen and oxygen atoms in total. The second-order valence-electron chi connectivity index (χ2n) is 16.0. The van der Waals surface area contributed by atoms with Gasteiger partial charge < -0.3 is 14.2 Å². The molecule has 60 heavy (non-hydrogen) atoms. The standard InChI is InChI=1S/C54H90O6/c1-4-7-10-13-16-19-22-25-26-27-30-32-35-38-41-44-47-53(56)59-50-51(60-54(57)48-45-42-39-36-33-29-24-21-18-15-12-9-6-3)49-58-52(55)46-43-40-37-34-31-28-23-20-17-14-11-8-5-2/h9,11-12,14,18-23,26-27,29,33,51H,4-8,10,13,15-17,24-25,28,30-32,34-50H2,1-3H3/b12-9-,14-11-,21-18-,22-19-,23-20-,27-26-,33-29-. The largest absolute Gasteiger partial charge is 0.462 e. The number of unbranched alkanes of at least 4 members (excludes halogenated alkanes) is 18. The summed E-state index contributed by atoms with van der Waals surface area (Å²) in [6, 6.07) is 0. The molecule has 0 radical (unpaired) electrons. The Labute approximate surface area is 369 Å². The Morgan fingerprint density at radius 1 is 0.350 bits per heavy atom. The fourth-order valence-electron chi connectivity index (χ4n) is 6.40. The summed E-state index contributed by atoms with van der Waals surface area (Å²) in [5, 5.41) is 0. The van der Waals surface area contributed by atoms with Crippen LogP contribution in [0.3, 0.4) is 0 Å². The summed E-state index contributed by atoms with van der Waals surface area (Å²) in [5.74, 6) is -0.962. The van der Waals surface area contributed by atoms with E-state index in [0.717, 1.165) is 141 Å². The average molecular weight is 835 g/mol. The molecule has 0 N–H and O–H groups in total. The lowest BCUT2D eigenvalue weighted by Crippen LogP contribution is -2.30. The third-order valence-electron chi connectivity index (χ3n) is 10.1. The van der Waals surface area contributed by atoms with E-state index in [2.05, 4.69) is 106 Å². The fraction of sp³-hybridized carbons (Fsp3) is 0.685. The smallest absolute Gasteiger partial charge is 0.306 e. The van der Waals surface area contributed by atoms with Gasteiger partial charge in [-0.25, -0.2) is 0 Å². The van der Waals surface area contributed by atoms with E-state index < -0.39 is 6.10 Å². The summed E-state index contributed by atoms with van der Waals surface area (Å²) in [7, 11) is 0. The minimum absolute atomic E-state index is 0.101. The molecule has 6 heteroatoms. The highest BCUT2D eigenvalue weighted by Gasteiger charge is 2.19. The topological polar surface area (TPSA) is 78.9 Å². The molecule has 0 aliphatic rings. The summed E-state index contributed by atoms with van der Waals surface area (Å²) in [6.07, 6.45) is 61.3. The van der Waals surface area contributed by atoms with E-state index in [-0.39, 0.29) is 37.5 Å². The zero-order valence-corrected chi connectivity index (χ0v) is 38.9. The van der Waals surface area contributed by atoms with Gasteiger partial charge in [-0.05, 0) is 109 Å². The quantitative estimate of drug-likeness (QED) is 0.0263. The van der Waals surface area contributed by atoms with Gasteiger partial charge >= 0.3 is 17.9 Å². The van der Waals surface area contributed by atoms with Crippen molar-refractivity contribution in [1.82, 2.24) is 0 Å². The van der Waals surface area contributed by atoms with Gasteiger partial charge in [0.25, 0.3) is 0 Å². The SMILES string of the molecule is CC/C=C\C/C=C\C/C=C\CCCCCC(=O)OC(COC(=O)CCCCCCC/C=C\C/C=C\CCC)COC(=O)CCCCCCC/C=C\C/C=C\CCCCCC. The minimum Gasteiger partial charge on any atom is -0.462 e. The zero-order valence-electron chi connectivity index (χ0n) is 38.9. The number of ether oxygens (including phenoxy) is 3. The van der Waals surface area contributed by atoms with Crippen LogP contribution in [0.25, 0.3) is 0 Å². The molecule has 0 aromatic heterocycles. The Bertz CT molecular complexity index is 1190. The van der Waals surface area contributed by atoms with Crippen LogP contribution in [0.2, 0.25) is 0 Å². The number of carbonyl (C=O) groups excluding carboxylic acids is 3. The molecule has 0 fully saturated rings. The van der Waals surface area contributed by atoms with Gasteiger partial charge in [-0.15, -0.1) is 0 Å². The van der Waals surface area contributed by atoms with E-state index in [1.54, 1.807) is 0 Å². The van der Waals surface area contributed by atoms with Crippen molar-refractivity contribution in [2.45, 2.75) is 226 Å². The monoisotopic (exact) mass is 835 g/mol. The molecule has 0 aromatic carbocycles. The minimum atomic E-state index is -0.802. The average Bonchev–Trinajstić information content (AvgIpc) is 3.24. The van der Waals surface area contributed by atoms with Crippen LogP contribution in [0.5, 0.6) is 0 Å². The highest BCUT2D eigenvalue weighted by molar-refractivity contribution is 5.71. The normalized spacial score (nSPS) is 12.8. The lowest BCUT2D eigenvalue weighted by molar-refractivity contribution is -0.167. The van der Waals surface area contributed by atoms with Crippen molar-refractivity contribution >= 4 is 17.9 Å². The Morgan fingerprint density at radius 3 is 1.10 bits per heavy atom. The van der Waals surface area contributed by atoms with Crippen LogP contribution in [0.15, 0.2) is 85.1 Å². The predicted octanol–water partition coefficient (Wildman–Crippen LogP) is 16.0. The summed E-state index contributed by atoms with van der Waals surface area (Å²) in [4.78, 5) is 37.9. The molecule has 0 bridgehead atoms. The number of hydrogen-bond donors (Lipinski definition) is 0. The van der Waals surface area contributed by atoms with Gasteiger partial charge in [-0.1, -0.05) is 176 Å². The molecule has 0 aliphatic heterocycles. The lowest BCUT2D eigenvalue weighted by atomic mass is 10.1. The molecule has 0 saturated heterocycles. The summed E-state index contributed by atoms with van der Waals surface area (Å²) >= 11 is 0. The molecule has 1 atom stereocenters. The van der Waals surface area contributed by atoms with Crippen LogP contribution in [0.1, 0.15) is 220 Å². The zero-order chi connectivity index (χ0) is 43.7. The van der Waals surface area contributed by atoms with Gasteiger partial charge in [0.1, 0.15) is 13.2 Å². The number of allylic oxidation sites excluding steroid dienone is 14. The molecular weight excluding hydrogens is 745 g/mol. The maximum Gasteiger partial charge on any atom is 0.306 e. The van der Waals surface area contributed by atoms with Crippen molar-refractivity contribution in [2.24, 2.45) is 0 Å². The third-order valence-corrected chi connectivity index (χ3v) is 10.1. The molecule has 1 unspecified atom stereocenters. The first kappa shape index (κ1) is 56.6.